The van der Waals surface area contributed by atoms with E-state index in [1.165, 1.54) is 25.7 Å². The first-order chi connectivity index (χ1) is 11.5. The van der Waals surface area contributed by atoms with Crippen molar-refractivity contribution in [2.45, 2.75) is 38.1 Å². The van der Waals surface area contributed by atoms with Crippen LogP contribution in [0.25, 0.3) is 0 Å². The van der Waals surface area contributed by atoms with Gasteiger partial charge in [0.2, 0.25) is 0 Å². The number of aryl methyl sites for hydroxylation is 1. The van der Waals surface area contributed by atoms with E-state index in [4.69, 9.17) is 5.73 Å². The summed E-state index contributed by atoms with van der Waals surface area (Å²) in [6.07, 6.45) is 4.97. The second kappa shape index (κ2) is 7.07. The molecule has 132 valence electrons. The number of hydrogen-bond donors (Lipinski definition) is 2. The van der Waals surface area contributed by atoms with Crippen molar-refractivity contribution in [2.24, 2.45) is 5.73 Å². The molecule has 0 aromatic carbocycles. The van der Waals surface area contributed by atoms with Gasteiger partial charge in [-0.25, -0.2) is 4.98 Å². The van der Waals surface area contributed by atoms with Crippen molar-refractivity contribution in [3.8, 4) is 0 Å². The molecular formula is C18H29N5O. The molecule has 1 aromatic heterocycles. The Kier molecular flexibility index (Phi) is 5.06. The Bertz CT molecular complexity index is 589. The van der Waals surface area contributed by atoms with Crippen molar-refractivity contribution in [1.29, 1.82) is 0 Å². The maximum Gasteiger partial charge on any atom is 0.252 e. The van der Waals surface area contributed by atoms with Crippen LogP contribution in [0.2, 0.25) is 0 Å². The first-order valence-corrected chi connectivity index (χ1v) is 8.95. The number of piperazine rings is 1. The lowest BCUT2D eigenvalue weighted by Gasteiger charge is -2.45. The molecule has 1 aliphatic carbocycles. The average molecular weight is 331 g/mol. The molecule has 2 heterocycles. The van der Waals surface area contributed by atoms with Gasteiger partial charge in [-0.15, -0.1) is 0 Å². The van der Waals surface area contributed by atoms with Gasteiger partial charge in [0.15, 0.2) is 0 Å². The number of nitrogens with zero attached hydrogens (tertiary/aromatic N) is 3. The van der Waals surface area contributed by atoms with E-state index in [9.17, 15) is 4.79 Å². The molecule has 1 saturated heterocycles. The summed E-state index contributed by atoms with van der Waals surface area (Å²) in [6.45, 7) is 7.23. The number of pyridine rings is 1. The van der Waals surface area contributed by atoms with E-state index in [0.29, 0.717) is 11.4 Å². The predicted octanol–water partition coefficient (Wildman–Crippen LogP) is 1.46. The summed E-state index contributed by atoms with van der Waals surface area (Å²) in [5.74, 6) is 0.202. The Hall–Kier alpha value is -1.66. The fraction of sp³-hybridized carbons (Fsp3) is 0.667. The van der Waals surface area contributed by atoms with Crippen LogP contribution in [-0.4, -0.2) is 66.0 Å². The SMILES string of the molecule is Cc1ccc(C(N)=O)c(NCC2(N3CCN(C)CC3)CCCC2)n1. The van der Waals surface area contributed by atoms with E-state index in [2.05, 4.69) is 27.1 Å². The van der Waals surface area contributed by atoms with Crippen LogP contribution in [0, 0.1) is 6.92 Å². The summed E-state index contributed by atoms with van der Waals surface area (Å²) in [6, 6.07) is 3.60. The Morgan fingerprint density at radius 3 is 2.54 bits per heavy atom. The monoisotopic (exact) mass is 331 g/mol. The molecule has 3 rings (SSSR count). The number of nitrogens with two attached hydrogens (primary N) is 1. The summed E-state index contributed by atoms with van der Waals surface area (Å²) in [5.41, 5.74) is 7.06. The van der Waals surface area contributed by atoms with E-state index in [0.717, 1.165) is 38.4 Å². The van der Waals surface area contributed by atoms with Gasteiger partial charge >= 0.3 is 0 Å². The van der Waals surface area contributed by atoms with Crippen molar-refractivity contribution >= 4 is 11.7 Å². The molecule has 2 aliphatic rings. The normalized spacial score (nSPS) is 21.8. The molecule has 1 amide bonds. The number of rotatable bonds is 5. The van der Waals surface area contributed by atoms with Crippen molar-refractivity contribution in [2.75, 3.05) is 45.1 Å². The quantitative estimate of drug-likeness (QED) is 0.854. The summed E-state index contributed by atoms with van der Waals surface area (Å²) < 4.78 is 0. The molecule has 1 saturated carbocycles. The smallest absolute Gasteiger partial charge is 0.252 e. The topological polar surface area (TPSA) is 74.5 Å². The Morgan fingerprint density at radius 1 is 1.25 bits per heavy atom. The van der Waals surface area contributed by atoms with E-state index in [-0.39, 0.29) is 5.54 Å². The lowest BCUT2D eigenvalue weighted by Crippen LogP contribution is -2.58. The zero-order valence-corrected chi connectivity index (χ0v) is 14.8. The van der Waals surface area contributed by atoms with Crippen molar-refractivity contribution in [3.63, 3.8) is 0 Å². The number of likely N-dealkylation sites (N-methyl/N-ethyl adjacent to an activating group) is 1. The summed E-state index contributed by atoms with van der Waals surface area (Å²) >= 11 is 0. The summed E-state index contributed by atoms with van der Waals surface area (Å²) in [7, 11) is 2.19. The Balaban J connectivity index is 1.75. The number of anilines is 1. The fourth-order valence-corrected chi connectivity index (χ4v) is 4.06. The molecule has 3 N–H and O–H groups in total. The third-order valence-corrected chi connectivity index (χ3v) is 5.59. The van der Waals surface area contributed by atoms with Gasteiger partial charge < -0.3 is 16.0 Å². The van der Waals surface area contributed by atoms with Crippen LogP contribution in [0.3, 0.4) is 0 Å². The van der Waals surface area contributed by atoms with Crippen LogP contribution in [-0.2, 0) is 0 Å². The van der Waals surface area contributed by atoms with Gasteiger partial charge in [0.1, 0.15) is 5.82 Å². The molecule has 0 atom stereocenters. The largest absolute Gasteiger partial charge is 0.368 e. The maximum absolute atomic E-state index is 11.7. The third-order valence-electron chi connectivity index (χ3n) is 5.59. The first kappa shape index (κ1) is 17.2. The second-order valence-electron chi connectivity index (χ2n) is 7.29. The highest BCUT2D eigenvalue weighted by atomic mass is 16.1. The minimum Gasteiger partial charge on any atom is -0.368 e. The highest BCUT2D eigenvalue weighted by molar-refractivity contribution is 5.97. The molecule has 1 aliphatic heterocycles. The van der Waals surface area contributed by atoms with Gasteiger partial charge in [-0.05, 0) is 38.9 Å². The number of carbonyl (C=O) groups is 1. The first-order valence-electron chi connectivity index (χ1n) is 8.95. The molecule has 0 spiro atoms. The Labute approximate surface area is 144 Å². The van der Waals surface area contributed by atoms with Crippen LogP contribution in [0.4, 0.5) is 5.82 Å². The zero-order valence-electron chi connectivity index (χ0n) is 14.8. The molecular weight excluding hydrogens is 302 g/mol. The van der Waals surface area contributed by atoms with E-state index < -0.39 is 5.91 Å². The third kappa shape index (κ3) is 3.54. The van der Waals surface area contributed by atoms with E-state index in [1.807, 2.05) is 13.0 Å². The molecule has 0 unspecified atom stereocenters. The standard InChI is InChI=1S/C18H29N5O/c1-14-5-6-15(16(19)24)17(21-14)20-13-18(7-3-4-8-18)23-11-9-22(2)10-12-23/h5-6H,3-4,7-13H2,1-2H3,(H2,19,24)(H,20,21). The highest BCUT2D eigenvalue weighted by Gasteiger charge is 2.40. The molecule has 24 heavy (non-hydrogen) atoms. The average Bonchev–Trinajstić information content (AvgIpc) is 3.03. The lowest BCUT2D eigenvalue weighted by atomic mass is 9.93. The summed E-state index contributed by atoms with van der Waals surface area (Å²) in [4.78, 5) is 21.2. The molecule has 0 radical (unpaired) electrons. The second-order valence-corrected chi connectivity index (χ2v) is 7.29. The molecule has 0 bridgehead atoms. The number of aromatic nitrogens is 1. The fourth-order valence-electron chi connectivity index (χ4n) is 4.06. The number of carbonyl (C=O) groups excluding carboxylic acids is 1. The van der Waals surface area contributed by atoms with Crippen molar-refractivity contribution in [1.82, 2.24) is 14.8 Å². The van der Waals surface area contributed by atoms with E-state index in [1.54, 1.807) is 6.07 Å². The van der Waals surface area contributed by atoms with Gasteiger partial charge in [0.25, 0.3) is 5.91 Å². The molecule has 2 fully saturated rings. The number of hydrogen-bond acceptors (Lipinski definition) is 5. The van der Waals surface area contributed by atoms with Gasteiger partial charge in [-0.1, -0.05) is 12.8 Å². The van der Waals surface area contributed by atoms with E-state index >= 15 is 0 Å². The minimum atomic E-state index is -0.426. The molecule has 6 heteroatoms. The highest BCUT2D eigenvalue weighted by Crippen LogP contribution is 2.36. The zero-order chi connectivity index (χ0) is 17.2. The van der Waals surface area contributed by atoms with Gasteiger partial charge in [-0.3, -0.25) is 9.69 Å². The van der Waals surface area contributed by atoms with Crippen LogP contribution < -0.4 is 11.1 Å². The van der Waals surface area contributed by atoms with Crippen molar-refractivity contribution in [3.05, 3.63) is 23.4 Å². The van der Waals surface area contributed by atoms with Crippen molar-refractivity contribution < 1.29 is 4.79 Å². The maximum atomic E-state index is 11.7. The molecule has 1 aromatic rings. The van der Waals surface area contributed by atoms with Gasteiger partial charge in [0.05, 0.1) is 5.56 Å². The van der Waals surface area contributed by atoms with Crippen LogP contribution in [0.1, 0.15) is 41.7 Å². The Morgan fingerprint density at radius 2 is 1.92 bits per heavy atom. The predicted molar refractivity (Wildman–Crippen MR) is 96.3 cm³/mol. The number of primary amides is 1. The van der Waals surface area contributed by atoms with Gasteiger partial charge in [-0.2, -0.15) is 0 Å². The molecule has 6 nitrogen and oxygen atoms in total. The van der Waals surface area contributed by atoms with Crippen LogP contribution in [0.15, 0.2) is 12.1 Å². The van der Waals surface area contributed by atoms with Crippen LogP contribution >= 0.6 is 0 Å². The summed E-state index contributed by atoms with van der Waals surface area (Å²) in [5, 5.41) is 3.46. The lowest BCUT2D eigenvalue weighted by molar-refractivity contribution is 0.0510. The van der Waals surface area contributed by atoms with Crippen LogP contribution in [0.5, 0.6) is 0 Å². The van der Waals surface area contributed by atoms with Gasteiger partial charge in [0, 0.05) is 44.0 Å². The number of amides is 1. The number of nitrogens with one attached hydrogen (secondary N) is 1. The minimum absolute atomic E-state index is 0.182.